The fourth-order valence-corrected chi connectivity index (χ4v) is 2.50. The molecule has 106 valence electrons. The van der Waals surface area contributed by atoms with E-state index in [0.717, 1.165) is 18.7 Å². The molecule has 4 nitrogen and oxygen atoms in total. The Hall–Kier alpha value is -1.23. The predicted octanol–water partition coefficient (Wildman–Crippen LogP) is 3.34. The highest BCUT2D eigenvalue weighted by Crippen LogP contribution is 2.20. The largest absolute Gasteiger partial charge is 0.478 e. The van der Waals surface area contributed by atoms with Crippen LogP contribution in [0.5, 0.6) is 0 Å². The topological polar surface area (TPSA) is 62.2 Å². The standard InChI is InChI=1S/C14H22N2O2S/c1-10-9-12(13(14(17)18)11(2)16-10)15-7-5-4-6-8-19-3/h9H,4-8H2,1-3H3,(H,15,16)(H,17,18). The molecule has 0 bridgehead atoms. The number of rotatable bonds is 8. The molecule has 0 aliphatic rings. The van der Waals surface area contributed by atoms with E-state index < -0.39 is 5.97 Å². The van der Waals surface area contributed by atoms with Crippen molar-refractivity contribution in [3.63, 3.8) is 0 Å². The smallest absolute Gasteiger partial charge is 0.339 e. The van der Waals surface area contributed by atoms with Crippen molar-refractivity contribution in [3.8, 4) is 0 Å². The third kappa shape index (κ3) is 5.11. The number of hydrogen-bond donors (Lipinski definition) is 2. The third-order valence-electron chi connectivity index (χ3n) is 2.88. The number of aryl methyl sites for hydroxylation is 2. The molecule has 1 heterocycles. The lowest BCUT2D eigenvalue weighted by Gasteiger charge is -2.12. The van der Waals surface area contributed by atoms with E-state index in [4.69, 9.17) is 0 Å². The summed E-state index contributed by atoms with van der Waals surface area (Å²) in [5, 5.41) is 12.5. The van der Waals surface area contributed by atoms with Gasteiger partial charge in [0.05, 0.1) is 11.4 Å². The van der Waals surface area contributed by atoms with Gasteiger partial charge in [0.2, 0.25) is 0 Å². The highest BCUT2D eigenvalue weighted by molar-refractivity contribution is 7.98. The van der Waals surface area contributed by atoms with Crippen molar-refractivity contribution < 1.29 is 9.90 Å². The minimum Gasteiger partial charge on any atom is -0.478 e. The summed E-state index contributed by atoms with van der Waals surface area (Å²) in [6.07, 6.45) is 5.54. The van der Waals surface area contributed by atoms with Crippen LogP contribution in [0.25, 0.3) is 0 Å². The Bertz CT molecular complexity index is 436. The number of carboxylic acid groups (broad SMARTS) is 1. The van der Waals surface area contributed by atoms with Crippen molar-refractivity contribution >= 4 is 23.4 Å². The summed E-state index contributed by atoms with van der Waals surface area (Å²) in [5.74, 6) is 0.267. The van der Waals surface area contributed by atoms with Crippen LogP contribution in [0, 0.1) is 13.8 Å². The zero-order chi connectivity index (χ0) is 14.3. The molecule has 2 N–H and O–H groups in total. The van der Waals surface area contributed by atoms with Gasteiger partial charge in [-0.3, -0.25) is 4.98 Å². The van der Waals surface area contributed by atoms with Crippen molar-refractivity contribution in [2.24, 2.45) is 0 Å². The monoisotopic (exact) mass is 282 g/mol. The maximum atomic E-state index is 11.2. The van der Waals surface area contributed by atoms with E-state index >= 15 is 0 Å². The van der Waals surface area contributed by atoms with Crippen LogP contribution in [0.15, 0.2) is 6.07 Å². The summed E-state index contributed by atoms with van der Waals surface area (Å²) >= 11 is 1.86. The van der Waals surface area contributed by atoms with E-state index in [-0.39, 0.29) is 5.56 Å². The Kier molecular flexibility index (Phi) is 6.70. The summed E-state index contributed by atoms with van der Waals surface area (Å²) in [7, 11) is 0. The molecule has 1 rings (SSSR count). The van der Waals surface area contributed by atoms with E-state index in [1.807, 2.05) is 18.7 Å². The van der Waals surface area contributed by atoms with Crippen LogP contribution < -0.4 is 5.32 Å². The number of pyridine rings is 1. The minimum atomic E-state index is -0.921. The predicted molar refractivity (Wildman–Crippen MR) is 81.4 cm³/mol. The molecule has 0 atom stereocenters. The van der Waals surface area contributed by atoms with Crippen molar-refractivity contribution in [1.29, 1.82) is 0 Å². The zero-order valence-electron chi connectivity index (χ0n) is 11.8. The summed E-state index contributed by atoms with van der Waals surface area (Å²) in [6.45, 7) is 4.42. The van der Waals surface area contributed by atoms with Gasteiger partial charge < -0.3 is 10.4 Å². The first-order chi connectivity index (χ1) is 9.06. The Balaban J connectivity index is 2.59. The minimum absolute atomic E-state index is 0.287. The van der Waals surface area contributed by atoms with E-state index in [1.54, 1.807) is 13.0 Å². The number of carboxylic acids is 1. The number of anilines is 1. The average molecular weight is 282 g/mol. The van der Waals surface area contributed by atoms with E-state index in [1.165, 1.54) is 18.6 Å². The van der Waals surface area contributed by atoms with Gasteiger partial charge in [-0.2, -0.15) is 11.8 Å². The van der Waals surface area contributed by atoms with Crippen LogP contribution in [0.3, 0.4) is 0 Å². The summed E-state index contributed by atoms with van der Waals surface area (Å²) in [6, 6.07) is 1.80. The molecule has 0 aliphatic carbocycles. The summed E-state index contributed by atoms with van der Waals surface area (Å²) in [4.78, 5) is 15.4. The number of aromatic carboxylic acids is 1. The molecule has 0 unspecified atom stereocenters. The normalized spacial score (nSPS) is 10.5. The molecule has 0 spiro atoms. The average Bonchev–Trinajstić information content (AvgIpc) is 2.32. The van der Waals surface area contributed by atoms with Crippen LogP contribution in [0.1, 0.15) is 41.0 Å². The highest BCUT2D eigenvalue weighted by Gasteiger charge is 2.14. The Morgan fingerprint density at radius 2 is 2.11 bits per heavy atom. The Labute approximate surface area is 119 Å². The quantitative estimate of drug-likeness (QED) is 0.716. The fraction of sp³-hybridized carbons (Fsp3) is 0.571. The van der Waals surface area contributed by atoms with Crippen LogP contribution in [-0.2, 0) is 0 Å². The maximum Gasteiger partial charge on any atom is 0.339 e. The van der Waals surface area contributed by atoms with Crippen molar-refractivity contribution in [2.45, 2.75) is 33.1 Å². The highest BCUT2D eigenvalue weighted by atomic mass is 32.2. The van der Waals surface area contributed by atoms with Gasteiger partial charge in [0.25, 0.3) is 0 Å². The van der Waals surface area contributed by atoms with Gasteiger partial charge >= 0.3 is 5.97 Å². The lowest BCUT2D eigenvalue weighted by atomic mass is 10.1. The first-order valence-corrected chi connectivity index (χ1v) is 7.90. The molecule has 0 aliphatic heterocycles. The number of unbranched alkanes of at least 4 members (excludes halogenated alkanes) is 2. The molecule has 0 saturated carbocycles. The van der Waals surface area contributed by atoms with E-state index in [2.05, 4.69) is 16.6 Å². The summed E-state index contributed by atoms with van der Waals surface area (Å²) < 4.78 is 0. The second-order valence-electron chi connectivity index (χ2n) is 4.56. The lowest BCUT2D eigenvalue weighted by molar-refractivity contribution is 0.0696. The second-order valence-corrected chi connectivity index (χ2v) is 5.54. The van der Waals surface area contributed by atoms with Gasteiger partial charge in [-0.05, 0) is 44.8 Å². The molecule has 0 amide bonds. The number of nitrogens with zero attached hydrogens (tertiary/aromatic N) is 1. The van der Waals surface area contributed by atoms with Crippen LogP contribution in [0.4, 0.5) is 5.69 Å². The third-order valence-corrected chi connectivity index (χ3v) is 3.58. The van der Waals surface area contributed by atoms with Crippen molar-refractivity contribution in [3.05, 3.63) is 23.0 Å². The maximum absolute atomic E-state index is 11.2. The van der Waals surface area contributed by atoms with Crippen molar-refractivity contribution in [2.75, 3.05) is 23.9 Å². The van der Waals surface area contributed by atoms with Gasteiger partial charge in [0.15, 0.2) is 0 Å². The van der Waals surface area contributed by atoms with E-state index in [0.29, 0.717) is 11.4 Å². The lowest BCUT2D eigenvalue weighted by Crippen LogP contribution is -2.11. The zero-order valence-corrected chi connectivity index (χ0v) is 12.6. The molecule has 1 aromatic rings. The molecular weight excluding hydrogens is 260 g/mol. The first kappa shape index (κ1) is 15.8. The Morgan fingerprint density at radius 1 is 1.37 bits per heavy atom. The SMILES string of the molecule is CSCCCCCNc1cc(C)nc(C)c1C(=O)O. The molecule has 0 radical (unpaired) electrons. The molecule has 0 saturated heterocycles. The number of nitrogens with one attached hydrogen (secondary N) is 1. The van der Waals surface area contributed by atoms with Crippen LogP contribution in [0.2, 0.25) is 0 Å². The van der Waals surface area contributed by atoms with Gasteiger partial charge in [-0.25, -0.2) is 4.79 Å². The number of hydrogen-bond acceptors (Lipinski definition) is 4. The van der Waals surface area contributed by atoms with Gasteiger partial charge in [-0.1, -0.05) is 6.42 Å². The van der Waals surface area contributed by atoms with Gasteiger partial charge in [0.1, 0.15) is 5.56 Å². The van der Waals surface area contributed by atoms with E-state index in [9.17, 15) is 9.90 Å². The molecular formula is C14H22N2O2S. The number of carbonyl (C=O) groups is 1. The number of thioether (sulfide) groups is 1. The summed E-state index contributed by atoms with van der Waals surface area (Å²) in [5.41, 5.74) is 2.38. The van der Waals surface area contributed by atoms with Crippen LogP contribution >= 0.6 is 11.8 Å². The van der Waals surface area contributed by atoms with Gasteiger partial charge in [-0.15, -0.1) is 0 Å². The Morgan fingerprint density at radius 3 is 2.74 bits per heavy atom. The molecule has 0 fully saturated rings. The van der Waals surface area contributed by atoms with Gasteiger partial charge in [0, 0.05) is 12.2 Å². The molecule has 19 heavy (non-hydrogen) atoms. The number of aromatic nitrogens is 1. The van der Waals surface area contributed by atoms with Crippen molar-refractivity contribution in [1.82, 2.24) is 4.98 Å². The first-order valence-electron chi connectivity index (χ1n) is 6.50. The molecule has 1 aromatic heterocycles. The second kappa shape index (κ2) is 8.04. The fourth-order valence-electron chi connectivity index (χ4n) is 2.01. The molecule has 0 aromatic carbocycles. The molecule has 5 heteroatoms. The van der Waals surface area contributed by atoms with Crippen LogP contribution in [-0.4, -0.2) is 34.6 Å².